The molecule has 1 fully saturated rings. The number of nitrogens with one attached hydrogen (secondary N) is 1. The Hall–Kier alpha value is -2.12. The van der Waals surface area contributed by atoms with Gasteiger partial charge in [0.15, 0.2) is 0 Å². The summed E-state index contributed by atoms with van der Waals surface area (Å²) in [7, 11) is -3.62. The van der Waals surface area contributed by atoms with E-state index in [2.05, 4.69) is 28.5 Å². The van der Waals surface area contributed by atoms with Crippen LogP contribution in [0.15, 0.2) is 47.5 Å². The normalized spacial score (nSPS) is 16.3. The molecule has 1 atom stereocenters. The number of hydrogen-bond donors (Lipinski definition) is 1. The number of benzene rings is 1. The SMILES string of the molecule is CC[C@@H](C)c1ccc(S(=O)(=O)Nc2ccc(N3CCOCC3)nc2)cc1. The third-order valence-corrected chi connectivity index (χ3v) is 6.10. The lowest BCUT2D eigenvalue weighted by Gasteiger charge is -2.27. The van der Waals surface area contributed by atoms with Gasteiger partial charge in [-0.05, 0) is 42.2 Å². The summed E-state index contributed by atoms with van der Waals surface area (Å²) >= 11 is 0. The van der Waals surface area contributed by atoms with Crippen molar-refractivity contribution in [1.82, 2.24) is 4.98 Å². The van der Waals surface area contributed by atoms with Crippen LogP contribution in [0.1, 0.15) is 31.7 Å². The number of morpholine rings is 1. The Balaban J connectivity index is 1.70. The smallest absolute Gasteiger partial charge is 0.261 e. The number of hydrogen-bond acceptors (Lipinski definition) is 5. The third kappa shape index (κ3) is 4.34. The highest BCUT2D eigenvalue weighted by Crippen LogP contribution is 2.22. The van der Waals surface area contributed by atoms with Crippen LogP contribution >= 0.6 is 0 Å². The van der Waals surface area contributed by atoms with E-state index in [1.165, 1.54) is 0 Å². The molecule has 0 unspecified atom stereocenters. The highest BCUT2D eigenvalue weighted by atomic mass is 32.2. The Morgan fingerprint density at radius 3 is 2.42 bits per heavy atom. The summed E-state index contributed by atoms with van der Waals surface area (Å²) in [6.07, 6.45) is 2.57. The zero-order valence-electron chi connectivity index (χ0n) is 15.2. The van der Waals surface area contributed by atoms with Crippen LogP contribution in [0, 0.1) is 0 Å². The fraction of sp³-hybridized carbons (Fsp3) is 0.421. The second-order valence-corrected chi connectivity index (χ2v) is 8.17. The van der Waals surface area contributed by atoms with Crippen LogP contribution in [-0.4, -0.2) is 39.7 Å². The fourth-order valence-electron chi connectivity index (χ4n) is 2.85. The van der Waals surface area contributed by atoms with Crippen molar-refractivity contribution < 1.29 is 13.2 Å². The monoisotopic (exact) mass is 375 g/mol. The summed E-state index contributed by atoms with van der Waals surface area (Å²) < 4.78 is 33.1. The topological polar surface area (TPSA) is 71.5 Å². The minimum Gasteiger partial charge on any atom is -0.378 e. The first kappa shape index (κ1) is 18.7. The molecular formula is C19H25N3O3S. The van der Waals surface area contributed by atoms with Crippen molar-refractivity contribution in [1.29, 1.82) is 0 Å². The first-order chi connectivity index (χ1) is 12.5. The maximum atomic E-state index is 12.6. The number of pyridine rings is 1. The quantitative estimate of drug-likeness (QED) is 0.839. The van der Waals surface area contributed by atoms with Gasteiger partial charge in [0.2, 0.25) is 0 Å². The first-order valence-electron chi connectivity index (χ1n) is 8.91. The van der Waals surface area contributed by atoms with Crippen LogP contribution in [0.2, 0.25) is 0 Å². The summed E-state index contributed by atoms with van der Waals surface area (Å²) in [5.41, 5.74) is 1.59. The number of rotatable bonds is 6. The van der Waals surface area contributed by atoms with Crippen molar-refractivity contribution in [3.63, 3.8) is 0 Å². The molecule has 1 saturated heterocycles. The second-order valence-electron chi connectivity index (χ2n) is 6.49. The van der Waals surface area contributed by atoms with E-state index in [0.29, 0.717) is 24.8 Å². The maximum absolute atomic E-state index is 12.6. The molecule has 1 aromatic carbocycles. The molecule has 2 aromatic rings. The maximum Gasteiger partial charge on any atom is 0.261 e. The summed E-state index contributed by atoms with van der Waals surface area (Å²) in [6.45, 7) is 7.19. The molecule has 0 radical (unpaired) electrons. The van der Waals surface area contributed by atoms with Gasteiger partial charge >= 0.3 is 0 Å². The zero-order valence-corrected chi connectivity index (χ0v) is 16.0. The molecule has 140 valence electrons. The minimum atomic E-state index is -3.62. The summed E-state index contributed by atoms with van der Waals surface area (Å²) in [4.78, 5) is 6.74. The molecule has 3 rings (SSSR count). The van der Waals surface area contributed by atoms with E-state index in [0.717, 1.165) is 30.9 Å². The van der Waals surface area contributed by atoms with Crippen LogP contribution in [0.5, 0.6) is 0 Å². The Kier molecular flexibility index (Phi) is 5.78. The second kappa shape index (κ2) is 8.05. The van der Waals surface area contributed by atoms with Gasteiger partial charge in [0, 0.05) is 13.1 Å². The Morgan fingerprint density at radius 2 is 1.85 bits per heavy atom. The van der Waals surface area contributed by atoms with Gasteiger partial charge in [0.1, 0.15) is 5.82 Å². The van der Waals surface area contributed by atoms with Gasteiger partial charge in [-0.25, -0.2) is 13.4 Å². The van der Waals surface area contributed by atoms with Gasteiger partial charge in [-0.3, -0.25) is 4.72 Å². The molecule has 1 aliphatic rings. The molecule has 1 aromatic heterocycles. The van der Waals surface area contributed by atoms with Gasteiger partial charge in [0.05, 0.1) is 30.0 Å². The van der Waals surface area contributed by atoms with Crippen LogP contribution in [0.4, 0.5) is 11.5 Å². The fourth-order valence-corrected chi connectivity index (χ4v) is 3.89. The lowest BCUT2D eigenvalue weighted by Crippen LogP contribution is -2.36. The minimum absolute atomic E-state index is 0.252. The average molecular weight is 375 g/mol. The molecule has 0 spiro atoms. The van der Waals surface area contributed by atoms with E-state index < -0.39 is 10.0 Å². The number of aromatic nitrogens is 1. The van der Waals surface area contributed by atoms with Crippen LogP contribution < -0.4 is 9.62 Å². The van der Waals surface area contributed by atoms with Crippen LogP contribution in [0.25, 0.3) is 0 Å². The molecule has 0 aliphatic carbocycles. The molecule has 0 bridgehead atoms. The highest BCUT2D eigenvalue weighted by molar-refractivity contribution is 7.92. The molecule has 0 amide bonds. The number of nitrogens with zero attached hydrogens (tertiary/aromatic N) is 2. The highest BCUT2D eigenvalue weighted by Gasteiger charge is 2.16. The van der Waals surface area contributed by atoms with Crippen molar-refractivity contribution in [2.45, 2.75) is 31.1 Å². The van der Waals surface area contributed by atoms with E-state index >= 15 is 0 Å². The average Bonchev–Trinajstić information content (AvgIpc) is 2.68. The van der Waals surface area contributed by atoms with Crippen molar-refractivity contribution in [2.75, 3.05) is 35.9 Å². The van der Waals surface area contributed by atoms with E-state index in [1.807, 2.05) is 18.2 Å². The lowest BCUT2D eigenvalue weighted by atomic mass is 9.99. The predicted molar refractivity (Wildman–Crippen MR) is 103 cm³/mol. The van der Waals surface area contributed by atoms with Crippen molar-refractivity contribution in [2.24, 2.45) is 0 Å². The Morgan fingerprint density at radius 1 is 1.15 bits per heavy atom. The summed E-state index contributed by atoms with van der Waals surface area (Å²) in [6, 6.07) is 10.6. The zero-order chi connectivity index (χ0) is 18.6. The summed E-state index contributed by atoms with van der Waals surface area (Å²) in [5.74, 6) is 1.24. The predicted octanol–water partition coefficient (Wildman–Crippen LogP) is 3.23. The van der Waals surface area contributed by atoms with E-state index in [-0.39, 0.29) is 4.90 Å². The van der Waals surface area contributed by atoms with Gasteiger partial charge in [-0.1, -0.05) is 26.0 Å². The van der Waals surface area contributed by atoms with Crippen LogP contribution in [-0.2, 0) is 14.8 Å². The van der Waals surface area contributed by atoms with Crippen molar-refractivity contribution in [3.8, 4) is 0 Å². The molecule has 7 heteroatoms. The Labute approximate surface area is 155 Å². The third-order valence-electron chi connectivity index (χ3n) is 4.71. The van der Waals surface area contributed by atoms with Crippen molar-refractivity contribution in [3.05, 3.63) is 48.2 Å². The van der Waals surface area contributed by atoms with Gasteiger partial charge in [-0.15, -0.1) is 0 Å². The van der Waals surface area contributed by atoms with E-state index in [1.54, 1.807) is 24.4 Å². The van der Waals surface area contributed by atoms with Gasteiger partial charge in [0.25, 0.3) is 10.0 Å². The molecule has 1 aliphatic heterocycles. The summed E-state index contributed by atoms with van der Waals surface area (Å²) in [5, 5.41) is 0. The molecule has 1 N–H and O–H groups in total. The van der Waals surface area contributed by atoms with E-state index in [9.17, 15) is 8.42 Å². The number of anilines is 2. The molecule has 0 saturated carbocycles. The standard InChI is InChI=1S/C19H25N3O3S/c1-3-15(2)16-4-7-18(8-5-16)26(23,24)21-17-6-9-19(20-14-17)22-10-12-25-13-11-22/h4-9,14-15,21H,3,10-13H2,1-2H3/t15-/m1/s1. The van der Waals surface area contributed by atoms with Gasteiger partial charge in [-0.2, -0.15) is 0 Å². The number of ether oxygens (including phenoxy) is 1. The molecule has 2 heterocycles. The lowest BCUT2D eigenvalue weighted by molar-refractivity contribution is 0.122. The van der Waals surface area contributed by atoms with E-state index in [4.69, 9.17) is 4.74 Å². The molecule has 26 heavy (non-hydrogen) atoms. The van der Waals surface area contributed by atoms with Crippen LogP contribution in [0.3, 0.4) is 0 Å². The largest absolute Gasteiger partial charge is 0.378 e. The first-order valence-corrected chi connectivity index (χ1v) is 10.4. The molecule has 6 nitrogen and oxygen atoms in total. The Bertz CT molecular complexity index is 814. The van der Waals surface area contributed by atoms with Gasteiger partial charge < -0.3 is 9.64 Å². The molecular weight excluding hydrogens is 350 g/mol. The van der Waals surface area contributed by atoms with Crippen molar-refractivity contribution >= 4 is 21.5 Å². The number of sulfonamides is 1.